The summed E-state index contributed by atoms with van der Waals surface area (Å²) in [5.41, 5.74) is 3.68. The van der Waals surface area contributed by atoms with Gasteiger partial charge in [-0.15, -0.1) is 0 Å². The molecule has 1 N–H and O–H groups in total. The van der Waals surface area contributed by atoms with Crippen molar-refractivity contribution in [2.75, 3.05) is 6.61 Å². The van der Waals surface area contributed by atoms with Gasteiger partial charge in [0.15, 0.2) is 6.61 Å². The fraction of sp³-hybridized carbons (Fsp3) is 0.182. The Balaban J connectivity index is 1.58. The van der Waals surface area contributed by atoms with Crippen molar-refractivity contribution in [2.45, 2.75) is 20.0 Å². The molecule has 0 fully saturated rings. The van der Waals surface area contributed by atoms with Crippen LogP contribution in [-0.2, 0) is 11.0 Å². The number of carbonyl (C=O) groups excluding carboxylic acids is 1. The SMILES string of the molecule is Cc1cccc(C)c1OCC(=O)N/N=C/c1ccc(-c2cccc(C(F)(F)F)c2)o1. The molecule has 156 valence electrons. The van der Waals surface area contributed by atoms with Crippen molar-refractivity contribution in [3.05, 3.63) is 77.0 Å². The van der Waals surface area contributed by atoms with E-state index in [1.54, 1.807) is 6.07 Å². The summed E-state index contributed by atoms with van der Waals surface area (Å²) < 4.78 is 49.5. The molecule has 30 heavy (non-hydrogen) atoms. The average Bonchev–Trinajstić information content (AvgIpc) is 3.16. The minimum absolute atomic E-state index is 0.212. The quantitative estimate of drug-likeness (QED) is 0.449. The number of alkyl halides is 3. The molecule has 0 spiro atoms. The van der Waals surface area contributed by atoms with Crippen molar-refractivity contribution < 1.29 is 27.1 Å². The maximum atomic E-state index is 12.8. The normalized spacial score (nSPS) is 11.6. The topological polar surface area (TPSA) is 63.8 Å². The second-order valence-electron chi connectivity index (χ2n) is 6.58. The summed E-state index contributed by atoms with van der Waals surface area (Å²) in [6.45, 7) is 3.56. The molecule has 1 amide bonds. The van der Waals surface area contributed by atoms with Crippen LogP contribution in [0.2, 0.25) is 0 Å². The number of nitrogens with zero attached hydrogens (tertiary/aromatic N) is 1. The van der Waals surface area contributed by atoms with E-state index in [4.69, 9.17) is 9.15 Å². The van der Waals surface area contributed by atoms with Gasteiger partial charge in [-0.2, -0.15) is 18.3 Å². The summed E-state index contributed by atoms with van der Waals surface area (Å²) in [6, 6.07) is 13.6. The third-order valence-corrected chi connectivity index (χ3v) is 4.24. The van der Waals surface area contributed by atoms with Crippen LogP contribution in [0, 0.1) is 13.8 Å². The maximum Gasteiger partial charge on any atom is 0.416 e. The van der Waals surface area contributed by atoms with Crippen molar-refractivity contribution in [3.8, 4) is 17.1 Å². The molecule has 2 aromatic carbocycles. The first-order valence-corrected chi connectivity index (χ1v) is 9.02. The van der Waals surface area contributed by atoms with Gasteiger partial charge in [0.1, 0.15) is 17.3 Å². The predicted octanol–water partition coefficient (Wildman–Crippen LogP) is 5.11. The molecular weight excluding hydrogens is 397 g/mol. The molecule has 1 heterocycles. The number of hydrazone groups is 1. The molecule has 1 aromatic heterocycles. The van der Waals surface area contributed by atoms with Crippen molar-refractivity contribution in [1.29, 1.82) is 0 Å². The number of furan rings is 1. The summed E-state index contributed by atoms with van der Waals surface area (Å²) >= 11 is 0. The number of hydrogen-bond donors (Lipinski definition) is 1. The highest BCUT2D eigenvalue weighted by Crippen LogP contribution is 2.32. The van der Waals surface area contributed by atoms with Gasteiger partial charge in [-0.05, 0) is 49.2 Å². The molecule has 0 saturated heterocycles. The smallest absolute Gasteiger partial charge is 0.416 e. The van der Waals surface area contributed by atoms with E-state index in [9.17, 15) is 18.0 Å². The number of halogens is 3. The number of hydrogen-bond acceptors (Lipinski definition) is 4. The summed E-state index contributed by atoms with van der Waals surface area (Å²) in [7, 11) is 0. The molecule has 0 radical (unpaired) electrons. The molecule has 3 rings (SSSR count). The minimum atomic E-state index is -4.43. The van der Waals surface area contributed by atoms with Crippen LogP contribution in [0.5, 0.6) is 5.75 Å². The Morgan fingerprint density at radius 2 is 1.80 bits per heavy atom. The average molecular weight is 416 g/mol. The van der Waals surface area contributed by atoms with E-state index in [-0.39, 0.29) is 23.7 Å². The van der Waals surface area contributed by atoms with Gasteiger partial charge in [0.2, 0.25) is 0 Å². The van der Waals surface area contributed by atoms with Crippen molar-refractivity contribution in [2.24, 2.45) is 5.10 Å². The van der Waals surface area contributed by atoms with Gasteiger partial charge in [0.25, 0.3) is 5.91 Å². The van der Waals surface area contributed by atoms with E-state index >= 15 is 0 Å². The summed E-state index contributed by atoms with van der Waals surface area (Å²) in [4.78, 5) is 11.9. The van der Waals surface area contributed by atoms with Crippen molar-refractivity contribution in [3.63, 3.8) is 0 Å². The Kier molecular flexibility index (Phi) is 6.25. The maximum absolute atomic E-state index is 12.8. The van der Waals surface area contributed by atoms with Crippen LogP contribution in [-0.4, -0.2) is 18.7 Å². The Morgan fingerprint density at radius 3 is 2.50 bits per heavy atom. The first-order valence-electron chi connectivity index (χ1n) is 9.02. The van der Waals surface area contributed by atoms with Crippen LogP contribution in [0.15, 0.2) is 64.1 Å². The molecule has 0 unspecified atom stereocenters. The summed E-state index contributed by atoms with van der Waals surface area (Å²) in [6.07, 6.45) is -3.18. The van der Waals surface area contributed by atoms with Gasteiger partial charge in [-0.3, -0.25) is 4.79 Å². The van der Waals surface area contributed by atoms with E-state index < -0.39 is 17.6 Å². The Bertz CT molecular complexity index is 1050. The van der Waals surface area contributed by atoms with E-state index in [1.807, 2.05) is 32.0 Å². The van der Waals surface area contributed by atoms with Gasteiger partial charge in [0.05, 0.1) is 11.8 Å². The molecule has 0 aliphatic carbocycles. The number of amides is 1. The second-order valence-corrected chi connectivity index (χ2v) is 6.58. The number of benzene rings is 2. The Hall–Kier alpha value is -3.55. The predicted molar refractivity (Wildman–Crippen MR) is 106 cm³/mol. The zero-order chi connectivity index (χ0) is 21.7. The molecule has 0 saturated carbocycles. The number of carbonyl (C=O) groups is 1. The summed E-state index contributed by atoms with van der Waals surface area (Å²) in [5, 5.41) is 3.78. The molecule has 3 aromatic rings. The molecule has 5 nitrogen and oxygen atoms in total. The third-order valence-electron chi connectivity index (χ3n) is 4.24. The van der Waals surface area contributed by atoms with Crippen LogP contribution in [0.4, 0.5) is 13.2 Å². The van der Waals surface area contributed by atoms with Crippen LogP contribution in [0.25, 0.3) is 11.3 Å². The number of nitrogens with one attached hydrogen (secondary N) is 1. The molecule has 0 aliphatic rings. The highest BCUT2D eigenvalue weighted by molar-refractivity contribution is 5.81. The Labute approximate surface area is 171 Å². The van der Waals surface area contributed by atoms with E-state index in [0.717, 1.165) is 23.3 Å². The molecule has 0 atom stereocenters. The molecule has 8 heteroatoms. The number of rotatable bonds is 6. The largest absolute Gasteiger partial charge is 0.483 e. The number of aryl methyl sites for hydroxylation is 2. The van der Waals surface area contributed by atoms with Crippen molar-refractivity contribution in [1.82, 2.24) is 5.43 Å². The van der Waals surface area contributed by atoms with Crippen LogP contribution >= 0.6 is 0 Å². The van der Waals surface area contributed by atoms with Gasteiger partial charge in [0, 0.05) is 5.56 Å². The first kappa shape index (κ1) is 21.2. The van der Waals surface area contributed by atoms with Gasteiger partial charge >= 0.3 is 6.18 Å². The van der Waals surface area contributed by atoms with Crippen molar-refractivity contribution >= 4 is 12.1 Å². The first-order chi connectivity index (χ1) is 14.2. The van der Waals surface area contributed by atoms with Crippen LogP contribution in [0.1, 0.15) is 22.5 Å². The lowest BCUT2D eigenvalue weighted by molar-refractivity contribution is -0.137. The zero-order valence-corrected chi connectivity index (χ0v) is 16.3. The molecular formula is C22H19F3N2O3. The van der Waals surface area contributed by atoms with Crippen LogP contribution in [0.3, 0.4) is 0 Å². The number of ether oxygens (including phenoxy) is 1. The standard InChI is InChI=1S/C22H19F3N2O3/c1-14-5-3-6-15(2)21(14)29-13-20(28)27-26-12-18-9-10-19(30-18)16-7-4-8-17(11-16)22(23,24)25/h3-12H,13H2,1-2H3,(H,27,28)/b26-12+. The lowest BCUT2D eigenvalue weighted by Gasteiger charge is -2.10. The second kappa shape index (κ2) is 8.86. The third kappa shape index (κ3) is 5.28. The summed E-state index contributed by atoms with van der Waals surface area (Å²) in [5.74, 6) is 0.720. The molecule has 0 aliphatic heterocycles. The highest BCUT2D eigenvalue weighted by Gasteiger charge is 2.30. The monoisotopic (exact) mass is 416 g/mol. The highest BCUT2D eigenvalue weighted by atomic mass is 19.4. The van der Waals surface area contributed by atoms with Gasteiger partial charge < -0.3 is 9.15 Å². The van der Waals surface area contributed by atoms with Crippen LogP contribution < -0.4 is 10.2 Å². The minimum Gasteiger partial charge on any atom is -0.483 e. The molecule has 0 bridgehead atoms. The van der Waals surface area contributed by atoms with E-state index in [0.29, 0.717) is 5.75 Å². The van der Waals surface area contributed by atoms with Gasteiger partial charge in [-0.25, -0.2) is 5.43 Å². The fourth-order valence-corrected chi connectivity index (χ4v) is 2.79. The lowest BCUT2D eigenvalue weighted by Crippen LogP contribution is -2.24. The fourth-order valence-electron chi connectivity index (χ4n) is 2.79. The zero-order valence-electron chi connectivity index (χ0n) is 16.3. The Morgan fingerprint density at radius 1 is 1.10 bits per heavy atom. The van der Waals surface area contributed by atoms with E-state index in [2.05, 4.69) is 10.5 Å². The lowest BCUT2D eigenvalue weighted by atomic mass is 10.1. The number of para-hydroxylation sites is 1. The van der Waals surface area contributed by atoms with E-state index in [1.165, 1.54) is 24.4 Å². The van der Waals surface area contributed by atoms with Gasteiger partial charge in [-0.1, -0.05) is 30.3 Å².